The molecule has 0 radical (unpaired) electrons. The van der Waals surface area contributed by atoms with Gasteiger partial charge in [0.25, 0.3) is 0 Å². The zero-order chi connectivity index (χ0) is 16.3. The van der Waals surface area contributed by atoms with E-state index >= 15 is 0 Å². The summed E-state index contributed by atoms with van der Waals surface area (Å²) in [5.41, 5.74) is 0. The SMILES string of the molecule is CCCCN(C)[PH](CC)(N(C)CCCC)N(C)CCCC. The Labute approximate surface area is 135 Å². The molecule has 0 aliphatic heterocycles. The van der Waals surface area contributed by atoms with Gasteiger partial charge in [-0.3, -0.25) is 0 Å². The van der Waals surface area contributed by atoms with Crippen LogP contribution in [-0.4, -0.2) is 61.0 Å². The minimum absolute atomic E-state index is 1.24. The molecular formula is C17H42N3P. The van der Waals surface area contributed by atoms with Crippen LogP contribution in [0.15, 0.2) is 0 Å². The van der Waals surface area contributed by atoms with E-state index in [0.29, 0.717) is 0 Å². The van der Waals surface area contributed by atoms with Gasteiger partial charge in [0.1, 0.15) is 0 Å². The molecule has 0 heterocycles. The van der Waals surface area contributed by atoms with Gasteiger partial charge in [0.15, 0.2) is 0 Å². The van der Waals surface area contributed by atoms with Gasteiger partial charge < -0.3 is 0 Å². The molecule has 0 aromatic rings. The number of unbranched alkanes of at least 4 members (excludes halogenated alkanes) is 3. The third kappa shape index (κ3) is 6.14. The summed E-state index contributed by atoms with van der Waals surface area (Å²) in [4.78, 5) is 0. The first kappa shape index (κ1) is 21.3. The van der Waals surface area contributed by atoms with Crippen molar-refractivity contribution in [2.24, 2.45) is 0 Å². The van der Waals surface area contributed by atoms with Crippen LogP contribution in [0, 0.1) is 0 Å². The quantitative estimate of drug-likeness (QED) is 0.456. The van der Waals surface area contributed by atoms with Crippen LogP contribution in [0.1, 0.15) is 66.2 Å². The van der Waals surface area contributed by atoms with Gasteiger partial charge in [0.05, 0.1) is 0 Å². The molecule has 0 unspecified atom stereocenters. The Morgan fingerprint density at radius 2 is 0.857 bits per heavy atom. The van der Waals surface area contributed by atoms with E-state index in [-0.39, 0.29) is 0 Å². The van der Waals surface area contributed by atoms with Gasteiger partial charge in [-0.05, 0) is 0 Å². The molecule has 0 spiro atoms. The summed E-state index contributed by atoms with van der Waals surface area (Å²) >= 11 is 0. The fourth-order valence-corrected chi connectivity index (χ4v) is 8.32. The molecule has 0 aliphatic carbocycles. The molecule has 21 heavy (non-hydrogen) atoms. The Morgan fingerprint density at radius 1 is 0.571 bits per heavy atom. The minimum atomic E-state index is -1.69. The summed E-state index contributed by atoms with van der Waals surface area (Å²) in [7, 11) is 5.42. The zero-order valence-electron chi connectivity index (χ0n) is 15.9. The third-order valence-corrected chi connectivity index (χ3v) is 10.1. The summed E-state index contributed by atoms with van der Waals surface area (Å²) in [6, 6.07) is 0. The fraction of sp³-hybridized carbons (Fsp3) is 1.00. The standard InChI is InChI=1S/C17H42N3P/c1-8-12-15-18(5)21(11-4,19(6)16-13-9-2)20(7)17-14-10-3/h21H,8-17H2,1-7H3. The van der Waals surface area contributed by atoms with Crippen LogP contribution in [-0.2, 0) is 0 Å². The second-order valence-electron chi connectivity index (χ2n) is 6.45. The van der Waals surface area contributed by atoms with Gasteiger partial charge in [0.2, 0.25) is 0 Å². The molecule has 0 saturated carbocycles. The second kappa shape index (κ2) is 11.8. The van der Waals surface area contributed by atoms with E-state index in [1.807, 2.05) is 0 Å². The number of hydrogen-bond acceptors (Lipinski definition) is 3. The Bertz CT molecular complexity index is 212. The first-order chi connectivity index (χ1) is 10.0. The Balaban J connectivity index is 5.14. The molecule has 0 fully saturated rings. The summed E-state index contributed by atoms with van der Waals surface area (Å²) in [5.74, 6) is 0. The monoisotopic (exact) mass is 319 g/mol. The van der Waals surface area contributed by atoms with Crippen LogP contribution in [0.2, 0.25) is 0 Å². The zero-order valence-corrected chi connectivity index (χ0v) is 16.9. The van der Waals surface area contributed by atoms with E-state index in [4.69, 9.17) is 0 Å². The maximum absolute atomic E-state index is 2.72. The van der Waals surface area contributed by atoms with E-state index in [1.54, 1.807) is 0 Å². The summed E-state index contributed by atoms with van der Waals surface area (Å²) in [6.07, 6.45) is 9.09. The predicted octanol–water partition coefficient (Wildman–Crippen LogP) is 4.70. The molecule has 4 heteroatoms. The Hall–Kier alpha value is 0.310. The average molecular weight is 320 g/mol. The predicted molar refractivity (Wildman–Crippen MR) is 101 cm³/mol. The van der Waals surface area contributed by atoms with Gasteiger partial charge in [0, 0.05) is 0 Å². The first-order valence-electron chi connectivity index (χ1n) is 9.14. The summed E-state index contributed by atoms with van der Waals surface area (Å²) < 4.78 is 8.17. The average Bonchev–Trinajstić information content (AvgIpc) is 2.49. The second-order valence-corrected chi connectivity index (χ2v) is 11.0. The van der Waals surface area contributed by atoms with Crippen LogP contribution in [0.25, 0.3) is 0 Å². The maximum atomic E-state index is 2.72. The van der Waals surface area contributed by atoms with Crippen molar-refractivity contribution < 1.29 is 0 Å². The topological polar surface area (TPSA) is 9.72 Å². The third-order valence-electron chi connectivity index (χ3n) is 4.85. The van der Waals surface area contributed by atoms with Crippen molar-refractivity contribution in [3.8, 4) is 0 Å². The molecule has 0 aromatic carbocycles. The first-order valence-corrected chi connectivity index (χ1v) is 11.2. The molecule has 0 amide bonds. The number of rotatable bonds is 13. The van der Waals surface area contributed by atoms with Gasteiger partial charge in [-0.25, -0.2) is 0 Å². The van der Waals surface area contributed by atoms with Crippen molar-refractivity contribution >= 4 is 7.71 Å². The molecule has 0 atom stereocenters. The molecule has 0 aliphatic rings. The van der Waals surface area contributed by atoms with Crippen molar-refractivity contribution in [3.05, 3.63) is 0 Å². The van der Waals surface area contributed by atoms with Crippen molar-refractivity contribution in [2.45, 2.75) is 66.2 Å². The molecule has 0 saturated heterocycles. The van der Waals surface area contributed by atoms with E-state index in [1.165, 1.54) is 64.3 Å². The van der Waals surface area contributed by atoms with Gasteiger partial charge in [-0.15, -0.1) is 0 Å². The van der Waals surface area contributed by atoms with Crippen LogP contribution in [0.4, 0.5) is 0 Å². The Morgan fingerprint density at radius 3 is 1.05 bits per heavy atom. The van der Waals surface area contributed by atoms with Gasteiger partial charge >= 0.3 is 135 Å². The summed E-state index contributed by atoms with van der Waals surface area (Å²) in [6.45, 7) is 13.0. The summed E-state index contributed by atoms with van der Waals surface area (Å²) in [5, 5.41) is 0. The Kier molecular flexibility index (Phi) is 12.0. The van der Waals surface area contributed by atoms with Crippen molar-refractivity contribution in [1.29, 1.82) is 0 Å². The van der Waals surface area contributed by atoms with E-state index in [0.717, 1.165) is 0 Å². The molecule has 0 aromatic heterocycles. The number of nitrogens with zero attached hydrogens (tertiary/aromatic N) is 3. The van der Waals surface area contributed by atoms with Crippen LogP contribution >= 0.6 is 7.71 Å². The molecule has 0 bridgehead atoms. The van der Waals surface area contributed by atoms with E-state index in [2.05, 4.69) is 62.8 Å². The molecule has 130 valence electrons. The van der Waals surface area contributed by atoms with Crippen LogP contribution < -0.4 is 0 Å². The van der Waals surface area contributed by atoms with E-state index < -0.39 is 7.71 Å². The molecule has 0 rings (SSSR count). The van der Waals surface area contributed by atoms with Gasteiger partial charge in [-0.1, -0.05) is 0 Å². The van der Waals surface area contributed by atoms with Crippen LogP contribution in [0.3, 0.4) is 0 Å². The van der Waals surface area contributed by atoms with Gasteiger partial charge in [-0.2, -0.15) is 0 Å². The fourth-order valence-electron chi connectivity index (χ4n) is 3.41. The number of hydrogen-bond donors (Lipinski definition) is 0. The molecule has 0 N–H and O–H groups in total. The van der Waals surface area contributed by atoms with Crippen molar-refractivity contribution in [3.63, 3.8) is 0 Å². The van der Waals surface area contributed by atoms with Crippen molar-refractivity contribution in [1.82, 2.24) is 14.0 Å². The molecular weight excluding hydrogens is 277 g/mol. The normalized spacial score (nSPS) is 13.6. The van der Waals surface area contributed by atoms with Crippen LogP contribution in [0.5, 0.6) is 0 Å². The van der Waals surface area contributed by atoms with Crippen molar-refractivity contribution in [2.75, 3.05) is 46.9 Å². The molecule has 3 nitrogen and oxygen atoms in total. The van der Waals surface area contributed by atoms with E-state index in [9.17, 15) is 0 Å².